The highest BCUT2D eigenvalue weighted by atomic mass is 16.5. The monoisotopic (exact) mass is 251 g/mol. The summed E-state index contributed by atoms with van der Waals surface area (Å²) in [5.41, 5.74) is 0. The molecule has 104 valence electrons. The second kappa shape index (κ2) is 9.95. The Morgan fingerprint density at radius 3 is 1.89 bits per heavy atom. The molecule has 0 aliphatic carbocycles. The SMILES string of the molecule is CC.CC(C)N(CCOc1ccccc1)C(C)C. The van der Waals surface area contributed by atoms with Gasteiger partial charge in [0, 0.05) is 18.6 Å². The second-order valence-corrected chi connectivity index (χ2v) is 4.59. The number of ether oxygens (including phenoxy) is 1. The number of benzene rings is 1. The fraction of sp³-hybridized carbons (Fsp3) is 0.625. The lowest BCUT2D eigenvalue weighted by atomic mass is 10.2. The number of nitrogens with zero attached hydrogens (tertiary/aromatic N) is 1. The van der Waals surface area contributed by atoms with Gasteiger partial charge in [-0.05, 0) is 39.8 Å². The summed E-state index contributed by atoms with van der Waals surface area (Å²) in [5.74, 6) is 0.954. The summed E-state index contributed by atoms with van der Waals surface area (Å²) in [4.78, 5) is 2.43. The van der Waals surface area contributed by atoms with E-state index in [0.29, 0.717) is 12.1 Å². The molecule has 0 unspecified atom stereocenters. The van der Waals surface area contributed by atoms with Gasteiger partial charge in [-0.15, -0.1) is 0 Å². The van der Waals surface area contributed by atoms with Crippen LogP contribution in [0.15, 0.2) is 30.3 Å². The molecule has 0 N–H and O–H groups in total. The average Bonchev–Trinajstić information content (AvgIpc) is 2.37. The third-order valence-electron chi connectivity index (χ3n) is 2.69. The van der Waals surface area contributed by atoms with Gasteiger partial charge in [0.15, 0.2) is 0 Å². The van der Waals surface area contributed by atoms with Crippen LogP contribution < -0.4 is 4.74 Å². The van der Waals surface area contributed by atoms with Crippen molar-refractivity contribution in [3.63, 3.8) is 0 Å². The lowest BCUT2D eigenvalue weighted by Gasteiger charge is -2.30. The highest BCUT2D eigenvalue weighted by Gasteiger charge is 2.12. The Hall–Kier alpha value is -1.02. The molecule has 0 radical (unpaired) electrons. The molecule has 0 saturated heterocycles. The van der Waals surface area contributed by atoms with Crippen molar-refractivity contribution >= 4 is 0 Å². The van der Waals surface area contributed by atoms with E-state index in [9.17, 15) is 0 Å². The predicted octanol–water partition coefficient (Wildman–Crippen LogP) is 4.21. The molecule has 18 heavy (non-hydrogen) atoms. The first kappa shape index (κ1) is 17.0. The molecular formula is C16H29NO. The van der Waals surface area contributed by atoms with Gasteiger partial charge in [-0.3, -0.25) is 4.90 Å². The van der Waals surface area contributed by atoms with Gasteiger partial charge >= 0.3 is 0 Å². The zero-order valence-electron chi connectivity index (χ0n) is 12.8. The average molecular weight is 251 g/mol. The maximum Gasteiger partial charge on any atom is 0.119 e. The van der Waals surface area contributed by atoms with Gasteiger partial charge in [0.2, 0.25) is 0 Å². The van der Waals surface area contributed by atoms with E-state index in [1.165, 1.54) is 0 Å². The zero-order chi connectivity index (χ0) is 14.0. The first-order chi connectivity index (χ1) is 8.61. The van der Waals surface area contributed by atoms with Gasteiger partial charge in [-0.1, -0.05) is 32.0 Å². The molecule has 0 aromatic heterocycles. The largest absolute Gasteiger partial charge is 0.492 e. The Labute approximate surface area is 113 Å². The van der Waals surface area contributed by atoms with Crippen LogP contribution in [0.5, 0.6) is 5.75 Å². The minimum Gasteiger partial charge on any atom is -0.492 e. The minimum atomic E-state index is 0.569. The lowest BCUT2D eigenvalue weighted by molar-refractivity contribution is 0.142. The van der Waals surface area contributed by atoms with Gasteiger partial charge in [-0.25, -0.2) is 0 Å². The molecule has 0 aliphatic rings. The van der Waals surface area contributed by atoms with Gasteiger partial charge in [0.05, 0.1) is 0 Å². The summed E-state index contributed by atoms with van der Waals surface area (Å²) in [6, 6.07) is 11.1. The molecule has 0 atom stereocenters. The predicted molar refractivity (Wildman–Crippen MR) is 80.3 cm³/mol. The van der Waals surface area contributed by atoms with Crippen molar-refractivity contribution in [2.75, 3.05) is 13.2 Å². The Kier molecular flexibility index (Phi) is 9.39. The van der Waals surface area contributed by atoms with E-state index in [4.69, 9.17) is 4.74 Å². The molecule has 1 rings (SSSR count). The van der Waals surface area contributed by atoms with Crippen LogP contribution in [0.1, 0.15) is 41.5 Å². The van der Waals surface area contributed by atoms with Crippen molar-refractivity contribution in [3.05, 3.63) is 30.3 Å². The Morgan fingerprint density at radius 2 is 1.44 bits per heavy atom. The smallest absolute Gasteiger partial charge is 0.119 e. The summed E-state index contributed by atoms with van der Waals surface area (Å²) >= 11 is 0. The first-order valence-electron chi connectivity index (χ1n) is 7.05. The molecular weight excluding hydrogens is 222 g/mol. The van der Waals surface area contributed by atoms with E-state index in [1.54, 1.807) is 0 Å². The normalized spacial score (nSPS) is 10.5. The highest BCUT2D eigenvalue weighted by Crippen LogP contribution is 2.09. The van der Waals surface area contributed by atoms with Crippen LogP contribution in [0.4, 0.5) is 0 Å². The summed E-state index contributed by atoms with van der Waals surface area (Å²) in [6.07, 6.45) is 0. The summed E-state index contributed by atoms with van der Waals surface area (Å²) < 4.78 is 5.70. The Balaban J connectivity index is 0.00000137. The molecule has 0 aliphatic heterocycles. The van der Waals surface area contributed by atoms with E-state index in [-0.39, 0.29) is 0 Å². The van der Waals surface area contributed by atoms with Crippen LogP contribution in [0.25, 0.3) is 0 Å². The number of hydrogen-bond acceptors (Lipinski definition) is 2. The molecule has 0 bridgehead atoms. The standard InChI is InChI=1S/C14H23NO.C2H6/c1-12(2)15(13(3)4)10-11-16-14-8-6-5-7-9-14;1-2/h5-9,12-13H,10-11H2,1-4H3;1-2H3. The van der Waals surface area contributed by atoms with Crippen molar-refractivity contribution in [2.45, 2.75) is 53.6 Å². The quantitative estimate of drug-likeness (QED) is 0.751. The Morgan fingerprint density at radius 1 is 0.944 bits per heavy atom. The lowest BCUT2D eigenvalue weighted by Crippen LogP contribution is -2.39. The maximum atomic E-state index is 5.70. The van der Waals surface area contributed by atoms with Gasteiger partial charge in [0.1, 0.15) is 12.4 Å². The van der Waals surface area contributed by atoms with Crippen LogP contribution in [0.3, 0.4) is 0 Å². The molecule has 0 heterocycles. The summed E-state index contributed by atoms with van der Waals surface area (Å²) in [7, 11) is 0. The highest BCUT2D eigenvalue weighted by molar-refractivity contribution is 5.20. The first-order valence-corrected chi connectivity index (χ1v) is 7.05. The molecule has 0 spiro atoms. The Bertz CT molecular complexity index is 274. The van der Waals surface area contributed by atoms with E-state index < -0.39 is 0 Å². The number of rotatable bonds is 6. The second-order valence-electron chi connectivity index (χ2n) is 4.59. The van der Waals surface area contributed by atoms with Crippen LogP contribution in [-0.2, 0) is 0 Å². The van der Waals surface area contributed by atoms with Crippen molar-refractivity contribution < 1.29 is 4.74 Å². The van der Waals surface area contributed by atoms with Gasteiger partial charge in [0.25, 0.3) is 0 Å². The van der Waals surface area contributed by atoms with E-state index in [2.05, 4.69) is 32.6 Å². The van der Waals surface area contributed by atoms with Gasteiger partial charge < -0.3 is 4.74 Å². The fourth-order valence-corrected chi connectivity index (χ4v) is 1.90. The molecule has 0 amide bonds. The third kappa shape index (κ3) is 6.65. The molecule has 1 aromatic rings. The number of para-hydroxylation sites is 1. The molecule has 2 nitrogen and oxygen atoms in total. The van der Waals surface area contributed by atoms with E-state index in [1.807, 2.05) is 44.2 Å². The van der Waals surface area contributed by atoms with E-state index in [0.717, 1.165) is 18.9 Å². The topological polar surface area (TPSA) is 12.5 Å². The summed E-state index contributed by atoms with van der Waals surface area (Å²) in [5, 5.41) is 0. The van der Waals surface area contributed by atoms with Crippen molar-refractivity contribution in [1.29, 1.82) is 0 Å². The van der Waals surface area contributed by atoms with E-state index >= 15 is 0 Å². The van der Waals surface area contributed by atoms with Crippen LogP contribution in [0, 0.1) is 0 Å². The van der Waals surface area contributed by atoms with Gasteiger partial charge in [-0.2, -0.15) is 0 Å². The van der Waals surface area contributed by atoms with Crippen molar-refractivity contribution in [1.82, 2.24) is 4.90 Å². The molecule has 0 fully saturated rings. The minimum absolute atomic E-state index is 0.569. The molecule has 2 heteroatoms. The molecule has 1 aromatic carbocycles. The van der Waals surface area contributed by atoms with Crippen LogP contribution in [-0.4, -0.2) is 30.1 Å². The maximum absolute atomic E-state index is 5.70. The zero-order valence-corrected chi connectivity index (χ0v) is 12.8. The van der Waals surface area contributed by atoms with Crippen molar-refractivity contribution in [2.24, 2.45) is 0 Å². The summed E-state index contributed by atoms with van der Waals surface area (Å²) in [6.45, 7) is 14.6. The number of hydrogen-bond donors (Lipinski definition) is 0. The van der Waals surface area contributed by atoms with Crippen molar-refractivity contribution in [3.8, 4) is 5.75 Å². The van der Waals surface area contributed by atoms with Crippen LogP contribution >= 0.6 is 0 Å². The third-order valence-corrected chi connectivity index (χ3v) is 2.69. The molecule has 0 saturated carbocycles. The fourth-order valence-electron chi connectivity index (χ4n) is 1.90. The van der Waals surface area contributed by atoms with Crippen LogP contribution in [0.2, 0.25) is 0 Å².